The average molecular weight is 334 g/mol. The van der Waals surface area contributed by atoms with Crippen molar-refractivity contribution in [1.29, 1.82) is 0 Å². The number of nitrogens with zero attached hydrogens (tertiary/aromatic N) is 1. The molecule has 0 unspecified atom stereocenters. The lowest BCUT2D eigenvalue weighted by Crippen LogP contribution is -2.09. The van der Waals surface area contributed by atoms with E-state index < -0.39 is 0 Å². The first-order chi connectivity index (χ1) is 12.3. The fourth-order valence-electron chi connectivity index (χ4n) is 2.47. The van der Waals surface area contributed by atoms with Gasteiger partial charge in [-0.1, -0.05) is 70.2 Å². The van der Waals surface area contributed by atoms with E-state index >= 15 is 0 Å². The number of para-hydroxylation sites is 2. The van der Waals surface area contributed by atoms with Crippen molar-refractivity contribution in [3.8, 4) is 0 Å². The molecule has 0 N–H and O–H groups in total. The summed E-state index contributed by atoms with van der Waals surface area (Å²) in [5.74, 6) is 0. The summed E-state index contributed by atoms with van der Waals surface area (Å²) in [6, 6.07) is 27.6. The zero-order chi connectivity index (χ0) is 18.7. The van der Waals surface area contributed by atoms with Crippen molar-refractivity contribution in [2.45, 2.75) is 41.5 Å². The maximum Gasteiger partial charge on any atom is 0.0464 e. The van der Waals surface area contributed by atoms with Gasteiger partial charge in [-0.25, -0.2) is 0 Å². The van der Waals surface area contributed by atoms with Gasteiger partial charge in [0.25, 0.3) is 0 Å². The highest BCUT2D eigenvalue weighted by atomic mass is 15.1. The Morgan fingerprint density at radius 3 is 1.32 bits per heavy atom. The van der Waals surface area contributed by atoms with E-state index in [1.807, 2.05) is 39.8 Å². The molecule has 3 rings (SSSR count). The zero-order valence-corrected chi connectivity index (χ0v) is 16.5. The SMILES string of the molecule is CC.CC.Cc1ccc(N(c2ccccc2)c2ccccc2)cc1C. The molecule has 0 amide bonds. The summed E-state index contributed by atoms with van der Waals surface area (Å²) >= 11 is 0. The van der Waals surface area contributed by atoms with Gasteiger partial charge in [-0.15, -0.1) is 0 Å². The second-order valence-electron chi connectivity index (χ2n) is 5.28. The molecule has 0 aromatic heterocycles. The first-order valence-electron chi connectivity index (χ1n) is 9.23. The van der Waals surface area contributed by atoms with Crippen molar-refractivity contribution in [2.24, 2.45) is 0 Å². The number of anilines is 3. The van der Waals surface area contributed by atoms with Gasteiger partial charge in [0.2, 0.25) is 0 Å². The van der Waals surface area contributed by atoms with Crippen LogP contribution in [-0.2, 0) is 0 Å². The molecule has 0 bridgehead atoms. The van der Waals surface area contributed by atoms with Gasteiger partial charge in [0.15, 0.2) is 0 Å². The molecule has 0 spiro atoms. The van der Waals surface area contributed by atoms with E-state index in [4.69, 9.17) is 0 Å². The molecular weight excluding hydrogens is 302 g/mol. The summed E-state index contributed by atoms with van der Waals surface area (Å²) in [4.78, 5) is 2.28. The van der Waals surface area contributed by atoms with Crippen LogP contribution in [0.15, 0.2) is 78.9 Å². The highest BCUT2D eigenvalue weighted by Crippen LogP contribution is 2.34. The Hall–Kier alpha value is -2.54. The van der Waals surface area contributed by atoms with E-state index in [0.29, 0.717) is 0 Å². The number of aryl methyl sites for hydroxylation is 2. The minimum absolute atomic E-state index is 1.17. The van der Waals surface area contributed by atoms with Gasteiger partial charge in [0, 0.05) is 17.1 Å². The molecule has 0 radical (unpaired) electrons. The number of benzene rings is 3. The van der Waals surface area contributed by atoms with E-state index in [9.17, 15) is 0 Å². The van der Waals surface area contributed by atoms with Crippen molar-refractivity contribution in [1.82, 2.24) is 0 Å². The van der Waals surface area contributed by atoms with E-state index in [2.05, 4.69) is 85.5 Å². The first kappa shape index (κ1) is 20.5. The quantitative estimate of drug-likeness (QED) is 0.472. The minimum Gasteiger partial charge on any atom is -0.310 e. The topological polar surface area (TPSA) is 3.24 Å². The summed E-state index contributed by atoms with van der Waals surface area (Å²) in [7, 11) is 0. The number of hydrogen-bond donors (Lipinski definition) is 0. The summed E-state index contributed by atoms with van der Waals surface area (Å²) in [5, 5.41) is 0. The Balaban J connectivity index is 0.000000730. The summed E-state index contributed by atoms with van der Waals surface area (Å²) in [6.07, 6.45) is 0. The third-order valence-corrected chi connectivity index (χ3v) is 3.78. The molecule has 0 saturated heterocycles. The zero-order valence-electron chi connectivity index (χ0n) is 16.5. The lowest BCUT2D eigenvalue weighted by molar-refractivity contribution is 1.25. The van der Waals surface area contributed by atoms with Crippen molar-refractivity contribution < 1.29 is 0 Å². The second kappa shape index (κ2) is 11.1. The predicted molar refractivity (Wildman–Crippen MR) is 113 cm³/mol. The standard InChI is InChI=1S/C20H19N.2C2H6/c1-16-13-14-20(15-17(16)2)21(18-9-5-3-6-10-18)19-11-7-4-8-12-19;2*1-2/h3-15H,1-2H3;2*1-2H3. The third kappa shape index (κ3) is 5.49. The molecule has 0 atom stereocenters. The Morgan fingerprint density at radius 1 is 0.480 bits per heavy atom. The van der Waals surface area contributed by atoms with Gasteiger partial charge < -0.3 is 4.90 Å². The van der Waals surface area contributed by atoms with Gasteiger partial charge in [-0.2, -0.15) is 0 Å². The van der Waals surface area contributed by atoms with Crippen LogP contribution < -0.4 is 4.90 Å². The molecule has 0 aliphatic carbocycles. The smallest absolute Gasteiger partial charge is 0.0464 e. The highest BCUT2D eigenvalue weighted by Gasteiger charge is 2.11. The molecule has 25 heavy (non-hydrogen) atoms. The first-order valence-corrected chi connectivity index (χ1v) is 9.23. The Morgan fingerprint density at radius 2 is 0.920 bits per heavy atom. The van der Waals surface area contributed by atoms with Gasteiger partial charge >= 0.3 is 0 Å². The van der Waals surface area contributed by atoms with Gasteiger partial charge in [-0.3, -0.25) is 0 Å². The van der Waals surface area contributed by atoms with Crippen LogP contribution in [0.4, 0.5) is 17.1 Å². The van der Waals surface area contributed by atoms with Crippen LogP contribution in [0.3, 0.4) is 0 Å². The molecule has 0 heterocycles. The summed E-state index contributed by atoms with van der Waals surface area (Å²) < 4.78 is 0. The van der Waals surface area contributed by atoms with Crippen molar-refractivity contribution in [3.63, 3.8) is 0 Å². The van der Waals surface area contributed by atoms with Crippen LogP contribution in [-0.4, -0.2) is 0 Å². The van der Waals surface area contributed by atoms with E-state index in [1.165, 1.54) is 28.2 Å². The fraction of sp³-hybridized carbons (Fsp3) is 0.250. The summed E-state index contributed by atoms with van der Waals surface area (Å²) in [6.45, 7) is 12.3. The maximum atomic E-state index is 2.28. The van der Waals surface area contributed by atoms with E-state index in [0.717, 1.165) is 0 Å². The lowest BCUT2D eigenvalue weighted by atomic mass is 10.1. The van der Waals surface area contributed by atoms with Crippen LogP contribution in [0.1, 0.15) is 38.8 Å². The van der Waals surface area contributed by atoms with Crippen LogP contribution in [0.25, 0.3) is 0 Å². The Bertz CT molecular complexity index is 678. The molecule has 1 nitrogen and oxygen atoms in total. The molecular formula is C24H31N. The molecule has 0 aliphatic rings. The Labute approximate surface area is 154 Å². The molecule has 3 aromatic carbocycles. The van der Waals surface area contributed by atoms with Crippen LogP contribution in [0, 0.1) is 13.8 Å². The third-order valence-electron chi connectivity index (χ3n) is 3.78. The predicted octanol–water partition coefficient (Wildman–Crippen LogP) is 7.83. The Kier molecular flexibility index (Phi) is 9.10. The molecule has 0 aliphatic heterocycles. The number of hydrogen-bond acceptors (Lipinski definition) is 1. The largest absolute Gasteiger partial charge is 0.310 e. The molecule has 0 saturated carbocycles. The van der Waals surface area contributed by atoms with Crippen LogP contribution in [0.2, 0.25) is 0 Å². The molecule has 3 aromatic rings. The van der Waals surface area contributed by atoms with Crippen molar-refractivity contribution in [2.75, 3.05) is 4.90 Å². The normalized spacial score (nSPS) is 9.20. The van der Waals surface area contributed by atoms with Gasteiger partial charge in [0.1, 0.15) is 0 Å². The highest BCUT2D eigenvalue weighted by molar-refractivity contribution is 5.76. The monoisotopic (exact) mass is 333 g/mol. The second-order valence-corrected chi connectivity index (χ2v) is 5.28. The minimum atomic E-state index is 1.17. The average Bonchev–Trinajstić information content (AvgIpc) is 2.70. The summed E-state index contributed by atoms with van der Waals surface area (Å²) in [5.41, 5.74) is 6.17. The van der Waals surface area contributed by atoms with E-state index in [1.54, 1.807) is 0 Å². The van der Waals surface area contributed by atoms with Crippen LogP contribution >= 0.6 is 0 Å². The van der Waals surface area contributed by atoms with Gasteiger partial charge in [0.05, 0.1) is 0 Å². The van der Waals surface area contributed by atoms with Crippen LogP contribution in [0.5, 0.6) is 0 Å². The number of rotatable bonds is 3. The maximum absolute atomic E-state index is 2.28. The molecule has 0 fully saturated rings. The lowest BCUT2D eigenvalue weighted by Gasteiger charge is -2.26. The van der Waals surface area contributed by atoms with Crippen molar-refractivity contribution >= 4 is 17.1 Å². The molecule has 1 heteroatoms. The van der Waals surface area contributed by atoms with Gasteiger partial charge in [-0.05, 0) is 61.4 Å². The van der Waals surface area contributed by atoms with E-state index in [-0.39, 0.29) is 0 Å². The molecule has 132 valence electrons. The van der Waals surface area contributed by atoms with Crippen molar-refractivity contribution in [3.05, 3.63) is 90.0 Å². The fourth-order valence-corrected chi connectivity index (χ4v) is 2.47.